The van der Waals surface area contributed by atoms with Crippen molar-refractivity contribution in [1.29, 1.82) is 0 Å². The first-order valence-corrected chi connectivity index (χ1v) is 9.69. The minimum absolute atomic E-state index is 0.138. The molecule has 0 spiro atoms. The summed E-state index contributed by atoms with van der Waals surface area (Å²) < 4.78 is 11.3. The van der Waals surface area contributed by atoms with E-state index in [0.29, 0.717) is 25.4 Å². The normalized spacial score (nSPS) is 10.5. The lowest BCUT2D eigenvalue weighted by Gasteiger charge is -2.13. The molecule has 0 saturated heterocycles. The fourth-order valence-electron chi connectivity index (χ4n) is 2.40. The highest BCUT2D eigenvalue weighted by Gasteiger charge is 2.12. The van der Waals surface area contributed by atoms with Gasteiger partial charge >= 0.3 is 0 Å². The van der Waals surface area contributed by atoms with E-state index in [9.17, 15) is 4.79 Å². The lowest BCUT2D eigenvalue weighted by atomic mass is 10.1. The molecular weight excluding hydrogens is 334 g/mol. The highest BCUT2D eigenvalue weighted by molar-refractivity contribution is 7.98. The van der Waals surface area contributed by atoms with Gasteiger partial charge in [-0.15, -0.1) is 11.8 Å². The van der Waals surface area contributed by atoms with Crippen LogP contribution in [0.1, 0.15) is 36.2 Å². The predicted molar refractivity (Wildman–Crippen MR) is 104 cm³/mol. The Balaban J connectivity index is 2.19. The number of carbonyl (C=O) groups is 1. The molecule has 0 fully saturated rings. The van der Waals surface area contributed by atoms with Gasteiger partial charge in [-0.3, -0.25) is 4.79 Å². The maximum atomic E-state index is 12.6. The van der Waals surface area contributed by atoms with E-state index in [2.05, 4.69) is 12.2 Å². The van der Waals surface area contributed by atoms with Gasteiger partial charge in [0.25, 0.3) is 5.91 Å². The van der Waals surface area contributed by atoms with Gasteiger partial charge in [-0.25, -0.2) is 0 Å². The number of thioether (sulfide) groups is 1. The van der Waals surface area contributed by atoms with Crippen molar-refractivity contribution in [2.45, 2.75) is 31.8 Å². The molecule has 0 radical (unpaired) electrons. The zero-order chi connectivity index (χ0) is 18.1. The second-order valence-electron chi connectivity index (χ2n) is 5.46. The van der Waals surface area contributed by atoms with Crippen molar-refractivity contribution in [3.8, 4) is 5.75 Å². The van der Waals surface area contributed by atoms with Crippen molar-refractivity contribution in [3.05, 3.63) is 53.6 Å². The molecule has 0 unspecified atom stereocenters. The summed E-state index contributed by atoms with van der Waals surface area (Å²) in [6, 6.07) is 13.2. The first-order chi connectivity index (χ1) is 12.2. The van der Waals surface area contributed by atoms with Crippen molar-refractivity contribution in [2.75, 3.05) is 24.8 Å². The quantitative estimate of drug-likeness (QED) is 0.506. The van der Waals surface area contributed by atoms with E-state index < -0.39 is 0 Å². The molecule has 0 heterocycles. The largest absolute Gasteiger partial charge is 0.494 e. The molecule has 1 N–H and O–H groups in total. The second kappa shape index (κ2) is 10.1. The molecular formula is C20H25NO3S. The lowest BCUT2D eigenvalue weighted by Crippen LogP contribution is -2.13. The average molecular weight is 359 g/mol. The Bertz CT molecular complexity index is 703. The number of nitrogens with one attached hydrogen (secondary N) is 1. The van der Waals surface area contributed by atoms with Gasteiger partial charge in [0.2, 0.25) is 0 Å². The summed E-state index contributed by atoms with van der Waals surface area (Å²) in [6.45, 7) is 5.70. The predicted octanol–water partition coefficient (Wildman–Crippen LogP) is 4.99. The topological polar surface area (TPSA) is 47.6 Å². The molecule has 134 valence electrons. The SMILES string of the molecule is CCCOCc1cc(C(=O)Nc2ccccc2SC)ccc1OCC. The van der Waals surface area contributed by atoms with Gasteiger partial charge in [-0.2, -0.15) is 0 Å². The van der Waals surface area contributed by atoms with E-state index in [1.54, 1.807) is 17.8 Å². The maximum absolute atomic E-state index is 12.6. The Morgan fingerprint density at radius 1 is 1.16 bits per heavy atom. The minimum Gasteiger partial charge on any atom is -0.494 e. The molecule has 0 aliphatic rings. The van der Waals surface area contributed by atoms with Gasteiger partial charge in [-0.05, 0) is 49.9 Å². The van der Waals surface area contributed by atoms with E-state index in [0.717, 1.165) is 28.3 Å². The van der Waals surface area contributed by atoms with Crippen LogP contribution in [0.5, 0.6) is 5.75 Å². The van der Waals surface area contributed by atoms with Crippen molar-refractivity contribution in [2.24, 2.45) is 0 Å². The number of hydrogen-bond donors (Lipinski definition) is 1. The van der Waals surface area contributed by atoms with Crippen LogP contribution < -0.4 is 10.1 Å². The zero-order valence-corrected chi connectivity index (χ0v) is 15.8. The van der Waals surface area contributed by atoms with Crippen LogP contribution >= 0.6 is 11.8 Å². The molecule has 1 amide bonds. The fourth-order valence-corrected chi connectivity index (χ4v) is 2.95. The number of para-hydroxylation sites is 1. The Morgan fingerprint density at radius 3 is 2.68 bits per heavy atom. The molecule has 4 nitrogen and oxygen atoms in total. The number of ether oxygens (including phenoxy) is 2. The number of hydrogen-bond acceptors (Lipinski definition) is 4. The molecule has 2 aromatic carbocycles. The molecule has 25 heavy (non-hydrogen) atoms. The van der Waals surface area contributed by atoms with E-state index in [1.165, 1.54) is 0 Å². The third-order valence-electron chi connectivity index (χ3n) is 3.58. The molecule has 5 heteroatoms. The van der Waals surface area contributed by atoms with Crippen molar-refractivity contribution in [3.63, 3.8) is 0 Å². The fraction of sp³-hybridized carbons (Fsp3) is 0.350. The van der Waals surface area contributed by atoms with E-state index in [1.807, 2.05) is 49.6 Å². The van der Waals surface area contributed by atoms with Crippen LogP contribution in [0, 0.1) is 0 Å². The van der Waals surface area contributed by atoms with Crippen molar-refractivity contribution >= 4 is 23.4 Å². The second-order valence-corrected chi connectivity index (χ2v) is 6.31. The number of rotatable bonds is 9. The van der Waals surface area contributed by atoms with Gasteiger partial charge < -0.3 is 14.8 Å². The van der Waals surface area contributed by atoms with E-state index >= 15 is 0 Å². The summed E-state index contributed by atoms with van der Waals surface area (Å²) in [4.78, 5) is 13.7. The highest BCUT2D eigenvalue weighted by atomic mass is 32.2. The molecule has 0 atom stereocenters. The zero-order valence-electron chi connectivity index (χ0n) is 15.0. The monoisotopic (exact) mass is 359 g/mol. The first kappa shape index (κ1) is 19.3. The molecule has 0 aliphatic heterocycles. The Labute approximate surface area is 153 Å². The van der Waals surface area contributed by atoms with Crippen LogP contribution in [0.2, 0.25) is 0 Å². The van der Waals surface area contributed by atoms with Crippen molar-refractivity contribution in [1.82, 2.24) is 0 Å². The van der Waals surface area contributed by atoms with Crippen LogP contribution in [-0.2, 0) is 11.3 Å². The van der Waals surface area contributed by atoms with Gasteiger partial charge in [0, 0.05) is 22.6 Å². The van der Waals surface area contributed by atoms with Gasteiger partial charge in [0.05, 0.1) is 18.9 Å². The number of amides is 1. The van der Waals surface area contributed by atoms with Crippen LogP contribution in [0.15, 0.2) is 47.4 Å². The molecule has 0 bridgehead atoms. The highest BCUT2D eigenvalue weighted by Crippen LogP contribution is 2.26. The van der Waals surface area contributed by atoms with Gasteiger partial charge in [-0.1, -0.05) is 19.1 Å². The first-order valence-electron chi connectivity index (χ1n) is 8.47. The van der Waals surface area contributed by atoms with Crippen LogP contribution in [0.25, 0.3) is 0 Å². The maximum Gasteiger partial charge on any atom is 0.255 e. The number of benzene rings is 2. The summed E-state index contributed by atoms with van der Waals surface area (Å²) in [6.07, 6.45) is 2.95. The summed E-state index contributed by atoms with van der Waals surface area (Å²) in [5.41, 5.74) is 2.30. The van der Waals surface area contributed by atoms with Crippen molar-refractivity contribution < 1.29 is 14.3 Å². The molecule has 0 aliphatic carbocycles. The van der Waals surface area contributed by atoms with E-state index in [-0.39, 0.29) is 5.91 Å². The van der Waals surface area contributed by atoms with Gasteiger partial charge in [0.1, 0.15) is 5.75 Å². The Kier molecular flexibility index (Phi) is 7.82. The Hall–Kier alpha value is -1.98. The van der Waals surface area contributed by atoms with E-state index in [4.69, 9.17) is 9.47 Å². The minimum atomic E-state index is -0.138. The van der Waals surface area contributed by atoms with Crippen LogP contribution in [0.4, 0.5) is 5.69 Å². The molecule has 0 aromatic heterocycles. The number of anilines is 1. The standard InChI is InChI=1S/C20H25NO3S/c1-4-12-23-14-16-13-15(10-11-18(16)24-5-2)20(22)21-17-8-6-7-9-19(17)25-3/h6-11,13H,4-5,12,14H2,1-3H3,(H,21,22). The Morgan fingerprint density at radius 2 is 1.96 bits per heavy atom. The average Bonchev–Trinajstić information content (AvgIpc) is 2.63. The van der Waals surface area contributed by atoms with Gasteiger partial charge in [0.15, 0.2) is 0 Å². The van der Waals surface area contributed by atoms with Crippen LogP contribution in [0.3, 0.4) is 0 Å². The number of carbonyl (C=O) groups excluding carboxylic acids is 1. The summed E-state index contributed by atoms with van der Waals surface area (Å²) >= 11 is 1.60. The molecule has 0 saturated carbocycles. The van der Waals surface area contributed by atoms with Crippen LogP contribution in [-0.4, -0.2) is 25.4 Å². The summed E-state index contributed by atoms with van der Waals surface area (Å²) in [5.74, 6) is 0.626. The molecule has 2 rings (SSSR count). The summed E-state index contributed by atoms with van der Waals surface area (Å²) in [7, 11) is 0. The third-order valence-corrected chi connectivity index (χ3v) is 4.38. The summed E-state index contributed by atoms with van der Waals surface area (Å²) in [5, 5.41) is 2.98. The molecule has 2 aromatic rings. The third kappa shape index (κ3) is 5.51. The smallest absolute Gasteiger partial charge is 0.255 e. The lowest BCUT2D eigenvalue weighted by molar-refractivity contribution is 0.102.